The SMILES string of the molecule is CCCNC(=O)C(=O)N/N=C\c1ccccc1F. The fourth-order valence-corrected chi connectivity index (χ4v) is 1.11. The molecule has 0 atom stereocenters. The van der Waals surface area contributed by atoms with Gasteiger partial charge in [0, 0.05) is 12.1 Å². The standard InChI is InChI=1S/C12H14FN3O2/c1-2-7-14-11(17)12(18)16-15-8-9-5-3-4-6-10(9)13/h3-6,8H,2,7H2,1H3,(H,14,17)(H,16,18)/b15-8-. The average Bonchev–Trinajstić information content (AvgIpc) is 2.38. The van der Waals surface area contributed by atoms with E-state index in [1.54, 1.807) is 12.1 Å². The maximum absolute atomic E-state index is 13.2. The van der Waals surface area contributed by atoms with Gasteiger partial charge in [-0.05, 0) is 12.5 Å². The Hall–Kier alpha value is -2.24. The Morgan fingerprint density at radius 2 is 2.06 bits per heavy atom. The van der Waals surface area contributed by atoms with Gasteiger partial charge in [0.25, 0.3) is 0 Å². The molecule has 0 aromatic heterocycles. The van der Waals surface area contributed by atoms with Crippen LogP contribution < -0.4 is 10.7 Å². The van der Waals surface area contributed by atoms with Crippen molar-refractivity contribution in [1.29, 1.82) is 0 Å². The van der Waals surface area contributed by atoms with E-state index in [1.807, 2.05) is 12.3 Å². The van der Waals surface area contributed by atoms with Crippen LogP contribution in [0.3, 0.4) is 0 Å². The van der Waals surface area contributed by atoms with Crippen LogP contribution in [-0.4, -0.2) is 24.6 Å². The minimum Gasteiger partial charge on any atom is -0.348 e. The van der Waals surface area contributed by atoms with Gasteiger partial charge in [-0.3, -0.25) is 9.59 Å². The van der Waals surface area contributed by atoms with Gasteiger partial charge in [-0.2, -0.15) is 5.10 Å². The summed E-state index contributed by atoms with van der Waals surface area (Å²) in [5.74, 6) is -2.09. The highest BCUT2D eigenvalue weighted by atomic mass is 19.1. The highest BCUT2D eigenvalue weighted by Gasteiger charge is 2.10. The number of carbonyl (C=O) groups is 2. The zero-order chi connectivity index (χ0) is 13.4. The third kappa shape index (κ3) is 4.32. The number of carbonyl (C=O) groups excluding carboxylic acids is 2. The molecule has 2 N–H and O–H groups in total. The fourth-order valence-electron chi connectivity index (χ4n) is 1.11. The highest BCUT2D eigenvalue weighted by molar-refractivity contribution is 6.35. The van der Waals surface area contributed by atoms with Crippen LogP contribution in [0.4, 0.5) is 4.39 Å². The summed E-state index contributed by atoms with van der Waals surface area (Å²) in [6.45, 7) is 2.29. The molecular formula is C12H14FN3O2. The molecule has 6 heteroatoms. The molecule has 0 bridgehead atoms. The monoisotopic (exact) mass is 251 g/mol. The number of nitrogens with one attached hydrogen (secondary N) is 2. The van der Waals surface area contributed by atoms with Crippen molar-refractivity contribution in [2.75, 3.05) is 6.54 Å². The zero-order valence-electron chi connectivity index (χ0n) is 9.94. The van der Waals surface area contributed by atoms with E-state index in [1.165, 1.54) is 12.1 Å². The van der Waals surface area contributed by atoms with Gasteiger partial charge in [0.2, 0.25) is 0 Å². The van der Waals surface area contributed by atoms with E-state index >= 15 is 0 Å². The summed E-state index contributed by atoms with van der Waals surface area (Å²) in [4.78, 5) is 22.3. The van der Waals surface area contributed by atoms with E-state index < -0.39 is 17.6 Å². The molecule has 96 valence electrons. The van der Waals surface area contributed by atoms with E-state index in [0.29, 0.717) is 6.54 Å². The lowest BCUT2D eigenvalue weighted by Gasteiger charge is -2.01. The molecule has 0 heterocycles. The average molecular weight is 251 g/mol. The van der Waals surface area contributed by atoms with Crippen molar-refractivity contribution in [3.8, 4) is 0 Å². The minimum atomic E-state index is -0.879. The molecule has 0 aliphatic heterocycles. The number of hydrogen-bond acceptors (Lipinski definition) is 3. The summed E-state index contributed by atoms with van der Waals surface area (Å²) in [7, 11) is 0. The molecule has 1 aromatic rings. The van der Waals surface area contributed by atoms with Crippen molar-refractivity contribution in [2.45, 2.75) is 13.3 Å². The minimum absolute atomic E-state index is 0.228. The van der Waals surface area contributed by atoms with Gasteiger partial charge in [-0.25, -0.2) is 9.82 Å². The molecule has 18 heavy (non-hydrogen) atoms. The Balaban J connectivity index is 2.48. The second kappa shape index (κ2) is 7.16. The maximum atomic E-state index is 13.2. The molecule has 0 aliphatic carbocycles. The van der Waals surface area contributed by atoms with E-state index in [0.717, 1.165) is 12.6 Å². The van der Waals surface area contributed by atoms with Crippen molar-refractivity contribution >= 4 is 18.0 Å². The second-order valence-electron chi connectivity index (χ2n) is 3.48. The van der Waals surface area contributed by atoms with E-state index in [4.69, 9.17) is 0 Å². The van der Waals surface area contributed by atoms with Gasteiger partial charge in [0.1, 0.15) is 5.82 Å². The topological polar surface area (TPSA) is 70.6 Å². The van der Waals surface area contributed by atoms with Gasteiger partial charge >= 0.3 is 11.8 Å². The van der Waals surface area contributed by atoms with Crippen LogP contribution in [0.5, 0.6) is 0 Å². The Labute approximate surface area is 104 Å². The van der Waals surface area contributed by atoms with Gasteiger partial charge < -0.3 is 5.32 Å². The van der Waals surface area contributed by atoms with Crippen LogP contribution in [0.2, 0.25) is 0 Å². The maximum Gasteiger partial charge on any atom is 0.329 e. The molecule has 1 rings (SSSR count). The Morgan fingerprint density at radius 3 is 2.72 bits per heavy atom. The summed E-state index contributed by atoms with van der Waals surface area (Å²) < 4.78 is 13.2. The first kappa shape index (κ1) is 13.8. The highest BCUT2D eigenvalue weighted by Crippen LogP contribution is 2.02. The molecule has 0 saturated heterocycles. The first-order valence-corrected chi connectivity index (χ1v) is 5.51. The van der Waals surface area contributed by atoms with Crippen molar-refractivity contribution in [2.24, 2.45) is 5.10 Å². The number of hydrazone groups is 1. The molecule has 0 fully saturated rings. The fraction of sp³-hybridized carbons (Fsp3) is 0.250. The Morgan fingerprint density at radius 1 is 1.33 bits per heavy atom. The summed E-state index contributed by atoms with van der Waals surface area (Å²) in [5.41, 5.74) is 2.25. The predicted molar refractivity (Wildman–Crippen MR) is 65.4 cm³/mol. The lowest BCUT2D eigenvalue weighted by atomic mass is 10.2. The number of hydrogen-bond donors (Lipinski definition) is 2. The van der Waals surface area contributed by atoms with Crippen LogP contribution in [-0.2, 0) is 9.59 Å². The van der Waals surface area contributed by atoms with Crippen molar-refractivity contribution in [3.63, 3.8) is 0 Å². The van der Waals surface area contributed by atoms with Gasteiger partial charge in [-0.1, -0.05) is 25.1 Å². The smallest absolute Gasteiger partial charge is 0.329 e. The van der Waals surface area contributed by atoms with Crippen LogP contribution in [0.15, 0.2) is 29.4 Å². The molecule has 2 amide bonds. The quantitative estimate of drug-likeness (QED) is 0.472. The largest absolute Gasteiger partial charge is 0.348 e. The lowest BCUT2D eigenvalue weighted by Crippen LogP contribution is -2.38. The number of amides is 2. The molecule has 0 saturated carbocycles. The van der Waals surface area contributed by atoms with Crippen molar-refractivity contribution < 1.29 is 14.0 Å². The normalized spacial score (nSPS) is 10.3. The first-order valence-electron chi connectivity index (χ1n) is 5.51. The van der Waals surface area contributed by atoms with Crippen LogP contribution in [0, 0.1) is 5.82 Å². The lowest BCUT2D eigenvalue weighted by molar-refractivity contribution is -0.139. The molecule has 0 radical (unpaired) electrons. The van der Waals surface area contributed by atoms with E-state index in [2.05, 4.69) is 10.4 Å². The summed E-state index contributed by atoms with van der Waals surface area (Å²) >= 11 is 0. The first-order chi connectivity index (χ1) is 8.65. The van der Waals surface area contributed by atoms with Crippen LogP contribution in [0.1, 0.15) is 18.9 Å². The third-order valence-electron chi connectivity index (χ3n) is 2.02. The Bertz CT molecular complexity index is 460. The van der Waals surface area contributed by atoms with Crippen molar-refractivity contribution in [3.05, 3.63) is 35.6 Å². The molecular weight excluding hydrogens is 237 g/mol. The molecule has 0 aliphatic rings. The number of rotatable bonds is 4. The second-order valence-corrected chi connectivity index (χ2v) is 3.48. The number of nitrogens with zero attached hydrogens (tertiary/aromatic N) is 1. The molecule has 0 unspecified atom stereocenters. The van der Waals surface area contributed by atoms with Crippen LogP contribution >= 0.6 is 0 Å². The molecule has 1 aromatic carbocycles. The van der Waals surface area contributed by atoms with Gasteiger partial charge in [-0.15, -0.1) is 0 Å². The van der Waals surface area contributed by atoms with Gasteiger partial charge in [0.15, 0.2) is 0 Å². The Kier molecular flexibility index (Phi) is 5.50. The molecule has 5 nitrogen and oxygen atoms in total. The summed E-state index contributed by atoms with van der Waals surface area (Å²) in [6.07, 6.45) is 1.87. The number of halogens is 1. The van der Waals surface area contributed by atoms with E-state index in [-0.39, 0.29) is 5.56 Å². The molecule has 0 spiro atoms. The van der Waals surface area contributed by atoms with E-state index in [9.17, 15) is 14.0 Å². The number of benzene rings is 1. The third-order valence-corrected chi connectivity index (χ3v) is 2.02. The van der Waals surface area contributed by atoms with Gasteiger partial charge in [0.05, 0.1) is 6.21 Å². The van der Waals surface area contributed by atoms with Crippen molar-refractivity contribution in [1.82, 2.24) is 10.7 Å². The zero-order valence-corrected chi connectivity index (χ0v) is 9.94. The summed E-state index contributed by atoms with van der Waals surface area (Å²) in [5, 5.41) is 5.90. The summed E-state index contributed by atoms with van der Waals surface area (Å²) in [6, 6.07) is 5.96. The predicted octanol–water partition coefficient (Wildman–Crippen LogP) is 0.802. The van der Waals surface area contributed by atoms with Crippen LogP contribution in [0.25, 0.3) is 0 Å².